The van der Waals surface area contributed by atoms with E-state index in [2.05, 4.69) is 19.1 Å². The summed E-state index contributed by atoms with van der Waals surface area (Å²) < 4.78 is 11.2. The van der Waals surface area contributed by atoms with Gasteiger partial charge in [-0.3, -0.25) is 0 Å². The molecule has 0 N–H and O–H groups in total. The minimum Gasteiger partial charge on any atom is -0.496 e. The molecule has 2 heteroatoms. The van der Waals surface area contributed by atoms with Crippen molar-refractivity contribution in [2.24, 2.45) is 0 Å². The van der Waals surface area contributed by atoms with Gasteiger partial charge in [-0.25, -0.2) is 0 Å². The van der Waals surface area contributed by atoms with Crippen molar-refractivity contribution >= 4 is 0 Å². The highest BCUT2D eigenvalue weighted by molar-refractivity contribution is 5.37. The summed E-state index contributed by atoms with van der Waals surface area (Å²) in [6.45, 7) is 2.09. The molecule has 1 aliphatic heterocycles. The van der Waals surface area contributed by atoms with E-state index in [0.717, 1.165) is 17.7 Å². The molecule has 2 rings (SSSR count). The fourth-order valence-electron chi connectivity index (χ4n) is 1.82. The summed E-state index contributed by atoms with van der Waals surface area (Å²) in [4.78, 5) is 0. The Hall–Kier alpha value is -1.28. The van der Waals surface area contributed by atoms with Crippen molar-refractivity contribution in [3.05, 3.63) is 42.0 Å². The molecule has 0 spiro atoms. The third-order valence-electron chi connectivity index (χ3n) is 2.60. The van der Waals surface area contributed by atoms with Crippen LogP contribution < -0.4 is 4.74 Å². The van der Waals surface area contributed by atoms with Gasteiger partial charge in [-0.05, 0) is 19.4 Å². The van der Waals surface area contributed by atoms with Crippen LogP contribution in [0.2, 0.25) is 0 Å². The molecule has 0 radical (unpaired) electrons. The third-order valence-corrected chi connectivity index (χ3v) is 2.60. The SMILES string of the molecule is COc1ccccc1[C@H]1C=CCC(C)O1. The molecule has 1 unspecified atom stereocenters. The Balaban J connectivity index is 2.28. The van der Waals surface area contributed by atoms with Crippen LogP contribution >= 0.6 is 0 Å². The van der Waals surface area contributed by atoms with Crippen LogP contribution in [0.1, 0.15) is 25.0 Å². The number of para-hydroxylation sites is 1. The van der Waals surface area contributed by atoms with E-state index < -0.39 is 0 Å². The summed E-state index contributed by atoms with van der Waals surface area (Å²) in [5.41, 5.74) is 1.10. The average molecular weight is 204 g/mol. The van der Waals surface area contributed by atoms with Crippen LogP contribution in [0, 0.1) is 0 Å². The fraction of sp³-hybridized carbons (Fsp3) is 0.385. The van der Waals surface area contributed by atoms with E-state index in [1.165, 1.54) is 0 Å². The Kier molecular flexibility index (Phi) is 3.07. The quantitative estimate of drug-likeness (QED) is 0.689. The maximum absolute atomic E-state index is 5.85. The second kappa shape index (κ2) is 4.49. The van der Waals surface area contributed by atoms with Gasteiger partial charge in [0.25, 0.3) is 0 Å². The first-order chi connectivity index (χ1) is 7.31. The summed E-state index contributed by atoms with van der Waals surface area (Å²) in [5.74, 6) is 0.890. The lowest BCUT2D eigenvalue weighted by Crippen LogP contribution is -2.15. The highest BCUT2D eigenvalue weighted by Crippen LogP contribution is 2.31. The number of hydrogen-bond donors (Lipinski definition) is 0. The van der Waals surface area contributed by atoms with Crippen LogP contribution in [0.4, 0.5) is 0 Å². The predicted octanol–water partition coefficient (Wildman–Crippen LogP) is 3.10. The molecule has 1 aromatic carbocycles. The van der Waals surface area contributed by atoms with Crippen LogP contribution in [0.5, 0.6) is 5.75 Å². The molecule has 0 amide bonds. The largest absolute Gasteiger partial charge is 0.496 e. The van der Waals surface area contributed by atoms with Crippen molar-refractivity contribution in [1.29, 1.82) is 0 Å². The van der Waals surface area contributed by atoms with E-state index in [9.17, 15) is 0 Å². The summed E-state index contributed by atoms with van der Waals surface area (Å²) in [6.07, 6.45) is 5.57. The molecule has 2 nitrogen and oxygen atoms in total. The van der Waals surface area contributed by atoms with E-state index in [1.54, 1.807) is 7.11 Å². The normalized spacial score (nSPS) is 25.2. The first-order valence-electron chi connectivity index (χ1n) is 5.26. The van der Waals surface area contributed by atoms with Crippen molar-refractivity contribution in [2.45, 2.75) is 25.6 Å². The molecule has 0 aliphatic carbocycles. The fourth-order valence-corrected chi connectivity index (χ4v) is 1.82. The minimum absolute atomic E-state index is 0.0323. The Morgan fingerprint density at radius 3 is 2.87 bits per heavy atom. The van der Waals surface area contributed by atoms with Crippen molar-refractivity contribution in [3.8, 4) is 5.75 Å². The second-order valence-corrected chi connectivity index (χ2v) is 3.77. The van der Waals surface area contributed by atoms with Crippen LogP contribution in [0.3, 0.4) is 0 Å². The highest BCUT2D eigenvalue weighted by atomic mass is 16.5. The van der Waals surface area contributed by atoms with Crippen LogP contribution in [-0.2, 0) is 4.74 Å². The lowest BCUT2D eigenvalue weighted by molar-refractivity contribution is 0.0154. The molecular formula is C13H16O2. The Bertz CT molecular complexity index is 357. The number of benzene rings is 1. The van der Waals surface area contributed by atoms with Gasteiger partial charge in [0.05, 0.1) is 13.2 Å². The maximum Gasteiger partial charge on any atom is 0.124 e. The van der Waals surface area contributed by atoms with Gasteiger partial charge in [0, 0.05) is 5.56 Å². The molecule has 0 aromatic heterocycles. The zero-order valence-electron chi connectivity index (χ0n) is 9.14. The number of hydrogen-bond acceptors (Lipinski definition) is 2. The number of rotatable bonds is 2. The monoisotopic (exact) mass is 204 g/mol. The van der Waals surface area contributed by atoms with E-state index in [4.69, 9.17) is 9.47 Å². The molecule has 0 saturated heterocycles. The molecule has 15 heavy (non-hydrogen) atoms. The topological polar surface area (TPSA) is 18.5 Å². The Morgan fingerprint density at radius 1 is 1.33 bits per heavy atom. The van der Waals surface area contributed by atoms with Gasteiger partial charge < -0.3 is 9.47 Å². The van der Waals surface area contributed by atoms with Crippen molar-refractivity contribution in [2.75, 3.05) is 7.11 Å². The van der Waals surface area contributed by atoms with Crippen molar-refractivity contribution in [3.63, 3.8) is 0 Å². The standard InChI is InChI=1S/C13H16O2/c1-10-6-5-9-13(15-10)11-7-3-4-8-12(11)14-2/h3-5,7-10,13H,6H2,1-2H3/t10?,13-/m1/s1. The van der Waals surface area contributed by atoms with Crippen molar-refractivity contribution < 1.29 is 9.47 Å². The molecule has 0 saturated carbocycles. The Labute approximate surface area is 90.5 Å². The first-order valence-corrected chi connectivity index (χ1v) is 5.26. The average Bonchev–Trinajstić information content (AvgIpc) is 2.29. The van der Waals surface area contributed by atoms with Gasteiger partial charge in [-0.15, -0.1) is 0 Å². The zero-order valence-corrected chi connectivity index (χ0v) is 9.14. The molecule has 80 valence electrons. The minimum atomic E-state index is 0.0323. The van der Waals surface area contributed by atoms with Gasteiger partial charge >= 0.3 is 0 Å². The smallest absolute Gasteiger partial charge is 0.124 e. The lowest BCUT2D eigenvalue weighted by Gasteiger charge is -2.24. The summed E-state index contributed by atoms with van der Waals surface area (Å²) in [6, 6.07) is 7.99. The number of ether oxygens (including phenoxy) is 2. The molecule has 1 heterocycles. The van der Waals surface area contributed by atoms with Gasteiger partial charge in [0.15, 0.2) is 0 Å². The van der Waals surface area contributed by atoms with Crippen molar-refractivity contribution in [1.82, 2.24) is 0 Å². The van der Waals surface area contributed by atoms with E-state index in [0.29, 0.717) is 0 Å². The van der Waals surface area contributed by atoms with E-state index >= 15 is 0 Å². The van der Waals surface area contributed by atoms with Gasteiger partial charge in [0.1, 0.15) is 11.9 Å². The van der Waals surface area contributed by atoms with Crippen LogP contribution in [-0.4, -0.2) is 13.2 Å². The molecule has 0 fully saturated rings. The summed E-state index contributed by atoms with van der Waals surface area (Å²) >= 11 is 0. The molecule has 2 atom stereocenters. The molecular weight excluding hydrogens is 188 g/mol. The van der Waals surface area contributed by atoms with Gasteiger partial charge in [-0.2, -0.15) is 0 Å². The lowest BCUT2D eigenvalue weighted by atomic mass is 10.0. The van der Waals surface area contributed by atoms with Gasteiger partial charge in [0.2, 0.25) is 0 Å². The van der Waals surface area contributed by atoms with Crippen LogP contribution in [0.25, 0.3) is 0 Å². The van der Waals surface area contributed by atoms with E-state index in [1.807, 2.05) is 24.3 Å². The van der Waals surface area contributed by atoms with Crippen LogP contribution in [0.15, 0.2) is 36.4 Å². The predicted molar refractivity (Wildman–Crippen MR) is 60.0 cm³/mol. The molecule has 1 aliphatic rings. The zero-order chi connectivity index (χ0) is 10.7. The summed E-state index contributed by atoms with van der Waals surface area (Å²) in [5, 5.41) is 0. The Morgan fingerprint density at radius 2 is 2.13 bits per heavy atom. The summed E-state index contributed by atoms with van der Waals surface area (Å²) in [7, 11) is 1.69. The third kappa shape index (κ3) is 2.21. The molecule has 0 bridgehead atoms. The maximum atomic E-state index is 5.85. The first kappa shape index (κ1) is 10.2. The van der Waals surface area contributed by atoms with Gasteiger partial charge in [-0.1, -0.05) is 30.4 Å². The second-order valence-electron chi connectivity index (χ2n) is 3.77. The highest BCUT2D eigenvalue weighted by Gasteiger charge is 2.18. The van der Waals surface area contributed by atoms with E-state index in [-0.39, 0.29) is 12.2 Å². The molecule has 1 aromatic rings. The number of methoxy groups -OCH3 is 1.